The number of carbonyl (C=O) groups is 3. The normalized spacial score (nSPS) is 11.6. The zero-order valence-electron chi connectivity index (χ0n) is 15.9. The van der Waals surface area contributed by atoms with Crippen molar-refractivity contribution in [3.63, 3.8) is 0 Å². The predicted molar refractivity (Wildman–Crippen MR) is 106 cm³/mol. The van der Waals surface area contributed by atoms with E-state index in [0.717, 1.165) is 16.0 Å². The first kappa shape index (κ1) is 20.6. The lowest BCUT2D eigenvalue weighted by Crippen LogP contribution is -2.31. The van der Waals surface area contributed by atoms with Crippen LogP contribution >= 0.6 is 11.3 Å². The third-order valence-electron chi connectivity index (χ3n) is 4.19. The first-order valence-corrected chi connectivity index (χ1v) is 9.47. The lowest BCUT2D eigenvalue weighted by molar-refractivity contribution is -0.124. The quantitative estimate of drug-likeness (QED) is 0.712. The van der Waals surface area contributed by atoms with Crippen LogP contribution in [0.4, 0.5) is 5.00 Å². The van der Waals surface area contributed by atoms with Gasteiger partial charge in [0.25, 0.3) is 5.91 Å². The molecular formula is C20H24N2O4S. The van der Waals surface area contributed by atoms with Crippen molar-refractivity contribution in [3.05, 3.63) is 51.9 Å². The molecule has 0 spiro atoms. The van der Waals surface area contributed by atoms with Crippen LogP contribution in [0.2, 0.25) is 0 Å². The van der Waals surface area contributed by atoms with E-state index < -0.39 is 5.97 Å². The molecule has 144 valence electrons. The molecule has 27 heavy (non-hydrogen) atoms. The maximum absolute atomic E-state index is 12.4. The second kappa shape index (κ2) is 9.32. The molecule has 0 aliphatic rings. The molecule has 6 nitrogen and oxygen atoms in total. The number of carbonyl (C=O) groups excluding carboxylic acids is 3. The largest absolute Gasteiger partial charge is 0.452 e. The maximum Gasteiger partial charge on any atom is 0.341 e. The van der Waals surface area contributed by atoms with Gasteiger partial charge in [-0.15, -0.1) is 11.3 Å². The number of esters is 1. The average molecular weight is 388 g/mol. The highest BCUT2D eigenvalue weighted by Crippen LogP contribution is 2.32. The fourth-order valence-corrected chi connectivity index (χ4v) is 3.64. The molecule has 0 unspecified atom stereocenters. The van der Waals surface area contributed by atoms with Gasteiger partial charge in [-0.2, -0.15) is 0 Å². The van der Waals surface area contributed by atoms with Gasteiger partial charge in [0.1, 0.15) is 5.00 Å². The molecule has 0 radical (unpaired) electrons. The summed E-state index contributed by atoms with van der Waals surface area (Å²) in [5.41, 5.74) is 2.17. The fourth-order valence-electron chi connectivity index (χ4n) is 2.54. The van der Waals surface area contributed by atoms with Crippen LogP contribution < -0.4 is 10.6 Å². The highest BCUT2D eigenvalue weighted by molar-refractivity contribution is 7.16. The summed E-state index contributed by atoms with van der Waals surface area (Å²) < 4.78 is 5.15. The summed E-state index contributed by atoms with van der Waals surface area (Å²) in [5.74, 6) is -1.10. The summed E-state index contributed by atoms with van der Waals surface area (Å²) in [4.78, 5) is 36.6. The number of rotatable bonds is 7. The number of amides is 2. The molecule has 1 atom stereocenters. The van der Waals surface area contributed by atoms with Crippen LogP contribution in [0.1, 0.15) is 46.1 Å². The predicted octanol–water partition coefficient (Wildman–Crippen LogP) is 3.40. The van der Waals surface area contributed by atoms with Crippen LogP contribution in [-0.4, -0.2) is 30.9 Å². The van der Waals surface area contributed by atoms with Crippen molar-refractivity contribution in [2.24, 2.45) is 0 Å². The average Bonchev–Trinajstić information content (AvgIpc) is 2.91. The van der Waals surface area contributed by atoms with Crippen LogP contribution in [0.5, 0.6) is 0 Å². The number of thiophene rings is 1. The zero-order valence-corrected chi connectivity index (χ0v) is 16.7. The number of anilines is 1. The molecule has 2 rings (SSSR count). The lowest BCUT2D eigenvalue weighted by atomic mass is 10.0. The molecule has 0 saturated heterocycles. The van der Waals surface area contributed by atoms with Gasteiger partial charge in [-0.05, 0) is 30.9 Å². The van der Waals surface area contributed by atoms with Crippen LogP contribution in [0.15, 0.2) is 30.3 Å². The molecule has 2 N–H and O–H groups in total. The van der Waals surface area contributed by atoms with Crippen molar-refractivity contribution < 1.29 is 19.1 Å². The van der Waals surface area contributed by atoms with Crippen molar-refractivity contribution in [3.8, 4) is 0 Å². The third-order valence-corrected chi connectivity index (χ3v) is 5.31. The smallest absolute Gasteiger partial charge is 0.341 e. The molecule has 1 aromatic heterocycles. The molecule has 0 fully saturated rings. The van der Waals surface area contributed by atoms with Crippen molar-refractivity contribution >= 4 is 34.1 Å². The molecule has 2 aromatic rings. The van der Waals surface area contributed by atoms with Gasteiger partial charge in [-0.3, -0.25) is 9.59 Å². The lowest BCUT2D eigenvalue weighted by Gasteiger charge is -2.13. The van der Waals surface area contributed by atoms with Crippen LogP contribution in [-0.2, 0) is 14.3 Å². The molecule has 0 aliphatic carbocycles. The second-order valence-corrected chi connectivity index (χ2v) is 7.59. The van der Waals surface area contributed by atoms with E-state index in [0.29, 0.717) is 17.1 Å². The Morgan fingerprint density at radius 2 is 1.81 bits per heavy atom. The molecular weight excluding hydrogens is 364 g/mol. The van der Waals surface area contributed by atoms with Gasteiger partial charge in [0, 0.05) is 18.3 Å². The van der Waals surface area contributed by atoms with Gasteiger partial charge in [0.15, 0.2) is 6.61 Å². The topological polar surface area (TPSA) is 84.5 Å². The number of benzene rings is 1. The van der Waals surface area contributed by atoms with Crippen molar-refractivity contribution in [2.75, 3.05) is 18.5 Å². The Morgan fingerprint density at radius 1 is 1.15 bits per heavy atom. The standard InChI is InChI=1S/C20H24N2O4S/c1-12(16-8-6-5-7-9-16)10-21-17(24)11-26-20(25)18-13(2)14(3)27-19(18)22-15(4)23/h5-9,12H,10-11H2,1-4H3,(H,21,24)(H,22,23)/t12-/m1/s1. The highest BCUT2D eigenvalue weighted by Gasteiger charge is 2.22. The van der Waals surface area contributed by atoms with Gasteiger partial charge < -0.3 is 15.4 Å². The van der Waals surface area contributed by atoms with E-state index in [4.69, 9.17) is 4.74 Å². The van der Waals surface area contributed by atoms with Crippen LogP contribution in [0, 0.1) is 13.8 Å². The van der Waals surface area contributed by atoms with E-state index in [1.54, 1.807) is 6.92 Å². The zero-order chi connectivity index (χ0) is 20.0. The summed E-state index contributed by atoms with van der Waals surface area (Å²) in [6.45, 7) is 7.12. The Morgan fingerprint density at radius 3 is 2.44 bits per heavy atom. The minimum Gasteiger partial charge on any atom is -0.452 e. The van der Waals surface area contributed by atoms with Crippen molar-refractivity contribution in [1.29, 1.82) is 0 Å². The minimum absolute atomic E-state index is 0.152. The summed E-state index contributed by atoms with van der Waals surface area (Å²) in [7, 11) is 0. The van der Waals surface area contributed by atoms with E-state index in [9.17, 15) is 14.4 Å². The molecule has 1 heterocycles. The maximum atomic E-state index is 12.4. The molecule has 0 bridgehead atoms. The summed E-state index contributed by atoms with van der Waals surface area (Å²) in [6.07, 6.45) is 0. The van der Waals surface area contributed by atoms with Gasteiger partial charge in [-0.25, -0.2) is 4.79 Å². The molecule has 0 aliphatic heterocycles. The molecule has 2 amide bonds. The molecule has 1 aromatic carbocycles. The van der Waals surface area contributed by atoms with E-state index in [-0.39, 0.29) is 24.3 Å². The monoisotopic (exact) mass is 388 g/mol. The number of hydrogen-bond acceptors (Lipinski definition) is 5. The van der Waals surface area contributed by atoms with Crippen LogP contribution in [0.3, 0.4) is 0 Å². The van der Waals surface area contributed by atoms with Crippen molar-refractivity contribution in [1.82, 2.24) is 5.32 Å². The Labute approximate surface area is 162 Å². The van der Waals surface area contributed by atoms with E-state index in [1.165, 1.54) is 18.3 Å². The van der Waals surface area contributed by atoms with Gasteiger partial charge in [0.05, 0.1) is 5.56 Å². The third kappa shape index (κ3) is 5.65. The van der Waals surface area contributed by atoms with Gasteiger partial charge in [0.2, 0.25) is 5.91 Å². The number of nitrogens with one attached hydrogen (secondary N) is 2. The Balaban J connectivity index is 1.90. The fraction of sp³-hybridized carbons (Fsp3) is 0.350. The van der Waals surface area contributed by atoms with E-state index in [1.807, 2.05) is 44.2 Å². The van der Waals surface area contributed by atoms with Crippen molar-refractivity contribution in [2.45, 2.75) is 33.6 Å². The van der Waals surface area contributed by atoms with Gasteiger partial charge in [-0.1, -0.05) is 37.3 Å². The molecule has 0 saturated carbocycles. The Bertz CT molecular complexity index is 830. The summed E-state index contributed by atoms with van der Waals surface area (Å²) in [6, 6.07) is 9.85. The number of ether oxygens (including phenoxy) is 1. The summed E-state index contributed by atoms with van der Waals surface area (Å²) in [5, 5.41) is 5.86. The summed E-state index contributed by atoms with van der Waals surface area (Å²) >= 11 is 1.31. The van der Waals surface area contributed by atoms with E-state index >= 15 is 0 Å². The molecule has 7 heteroatoms. The van der Waals surface area contributed by atoms with Crippen LogP contribution in [0.25, 0.3) is 0 Å². The SMILES string of the molecule is CC(=O)Nc1sc(C)c(C)c1C(=O)OCC(=O)NC[C@@H](C)c1ccccc1. The second-order valence-electron chi connectivity index (χ2n) is 6.36. The first-order valence-electron chi connectivity index (χ1n) is 8.66. The van der Waals surface area contributed by atoms with E-state index in [2.05, 4.69) is 10.6 Å². The highest BCUT2D eigenvalue weighted by atomic mass is 32.1. The van der Waals surface area contributed by atoms with Gasteiger partial charge >= 0.3 is 5.97 Å². The first-order chi connectivity index (χ1) is 12.8. The number of aryl methyl sites for hydroxylation is 1. The Hall–Kier alpha value is -2.67. The number of hydrogen-bond donors (Lipinski definition) is 2. The Kier molecular flexibility index (Phi) is 7.12. The minimum atomic E-state index is -0.619.